The topological polar surface area (TPSA) is 101 Å². The molecule has 1 heterocycles. The fourth-order valence-corrected chi connectivity index (χ4v) is 3.65. The van der Waals surface area contributed by atoms with Crippen molar-refractivity contribution in [2.75, 3.05) is 11.5 Å². The molecule has 16 heavy (non-hydrogen) atoms. The van der Waals surface area contributed by atoms with E-state index in [1.165, 1.54) is 0 Å². The van der Waals surface area contributed by atoms with Crippen LogP contribution in [0.1, 0.15) is 12.8 Å². The van der Waals surface area contributed by atoms with Gasteiger partial charge in [0.1, 0.15) is 0 Å². The minimum Gasteiger partial charge on any atom is -0.481 e. The second kappa shape index (κ2) is 3.73. The lowest BCUT2D eigenvalue weighted by atomic mass is 10.2. The average molecular weight is 247 g/mol. The molecule has 0 radical (unpaired) electrons. The first-order chi connectivity index (χ1) is 7.39. The molecule has 0 aromatic rings. The largest absolute Gasteiger partial charge is 0.481 e. The van der Waals surface area contributed by atoms with Gasteiger partial charge in [-0.05, 0) is 12.8 Å². The van der Waals surface area contributed by atoms with Crippen molar-refractivity contribution in [2.45, 2.75) is 18.9 Å². The normalized spacial score (nSPS) is 35.6. The maximum absolute atomic E-state index is 11.5. The molecule has 1 saturated heterocycles. The number of amides is 1. The van der Waals surface area contributed by atoms with E-state index in [2.05, 4.69) is 5.32 Å². The molecule has 2 rings (SSSR count). The summed E-state index contributed by atoms with van der Waals surface area (Å²) >= 11 is 0. The van der Waals surface area contributed by atoms with Gasteiger partial charge in [-0.1, -0.05) is 0 Å². The third-order valence-electron chi connectivity index (χ3n) is 3.02. The molecular formula is C9H13NO5S. The zero-order valence-corrected chi connectivity index (χ0v) is 9.37. The van der Waals surface area contributed by atoms with Crippen LogP contribution in [0.4, 0.5) is 0 Å². The van der Waals surface area contributed by atoms with Crippen molar-refractivity contribution in [2.24, 2.45) is 11.8 Å². The number of aliphatic carboxylic acids is 1. The Balaban J connectivity index is 1.84. The Kier molecular flexibility index (Phi) is 2.65. The molecule has 1 aliphatic carbocycles. The van der Waals surface area contributed by atoms with E-state index in [0.29, 0.717) is 12.8 Å². The number of carboxylic acids is 1. The predicted molar refractivity (Wildman–Crippen MR) is 54.4 cm³/mol. The van der Waals surface area contributed by atoms with Crippen molar-refractivity contribution in [1.29, 1.82) is 0 Å². The third kappa shape index (κ3) is 2.34. The van der Waals surface area contributed by atoms with E-state index >= 15 is 0 Å². The molecule has 2 fully saturated rings. The van der Waals surface area contributed by atoms with Crippen LogP contribution < -0.4 is 5.32 Å². The van der Waals surface area contributed by atoms with Crippen molar-refractivity contribution < 1.29 is 23.1 Å². The standard InChI is InChI=1S/C9H13NO5S/c11-8(6-3-7(6)9(12)13)10-5-1-2-16(14,15)4-5/h5-7H,1-4H2,(H,10,11)(H,12,13)/t5?,6-,7+/m1/s1. The minimum atomic E-state index is -3.01. The Hall–Kier alpha value is -1.11. The Bertz CT molecular complexity index is 429. The number of hydrogen-bond donors (Lipinski definition) is 2. The van der Waals surface area contributed by atoms with Gasteiger partial charge in [-0.15, -0.1) is 0 Å². The maximum Gasteiger partial charge on any atom is 0.307 e. The molecule has 2 N–H and O–H groups in total. The Morgan fingerprint density at radius 3 is 2.38 bits per heavy atom. The number of carbonyl (C=O) groups is 2. The summed E-state index contributed by atoms with van der Waals surface area (Å²) in [6.45, 7) is 0. The number of hydrogen-bond acceptors (Lipinski definition) is 4. The van der Waals surface area contributed by atoms with Crippen LogP contribution in [0, 0.1) is 11.8 Å². The summed E-state index contributed by atoms with van der Waals surface area (Å²) in [5.41, 5.74) is 0. The second-order valence-corrected chi connectivity index (χ2v) is 6.62. The smallest absolute Gasteiger partial charge is 0.307 e. The summed E-state index contributed by atoms with van der Waals surface area (Å²) in [7, 11) is -3.01. The number of rotatable bonds is 3. The van der Waals surface area contributed by atoms with Gasteiger partial charge in [-0.25, -0.2) is 8.42 Å². The Morgan fingerprint density at radius 2 is 1.94 bits per heavy atom. The molecule has 6 nitrogen and oxygen atoms in total. The quantitative estimate of drug-likeness (QED) is 0.667. The number of carbonyl (C=O) groups excluding carboxylic acids is 1. The zero-order chi connectivity index (χ0) is 11.9. The predicted octanol–water partition coefficient (Wildman–Crippen LogP) is -0.990. The maximum atomic E-state index is 11.5. The monoisotopic (exact) mass is 247 g/mol. The molecule has 2 aliphatic rings. The van der Waals surface area contributed by atoms with Gasteiger partial charge >= 0.3 is 5.97 Å². The zero-order valence-electron chi connectivity index (χ0n) is 8.55. The van der Waals surface area contributed by atoms with Gasteiger partial charge in [0.15, 0.2) is 9.84 Å². The Labute approximate surface area is 92.9 Å². The van der Waals surface area contributed by atoms with Crippen molar-refractivity contribution in [3.63, 3.8) is 0 Å². The van der Waals surface area contributed by atoms with E-state index in [1.807, 2.05) is 0 Å². The van der Waals surface area contributed by atoms with Crippen LogP contribution in [0.2, 0.25) is 0 Å². The average Bonchev–Trinajstić information content (AvgIpc) is 2.87. The molecular weight excluding hydrogens is 234 g/mol. The summed E-state index contributed by atoms with van der Waals surface area (Å²) in [6.07, 6.45) is 0.791. The molecule has 1 aliphatic heterocycles. The van der Waals surface area contributed by atoms with Crippen LogP contribution in [0.15, 0.2) is 0 Å². The molecule has 1 saturated carbocycles. The fraction of sp³-hybridized carbons (Fsp3) is 0.778. The first-order valence-electron chi connectivity index (χ1n) is 5.12. The van der Waals surface area contributed by atoms with Crippen LogP contribution in [-0.4, -0.2) is 42.9 Å². The van der Waals surface area contributed by atoms with Gasteiger partial charge in [0.25, 0.3) is 0 Å². The van der Waals surface area contributed by atoms with E-state index < -0.39 is 27.6 Å². The molecule has 1 amide bonds. The second-order valence-electron chi connectivity index (χ2n) is 4.40. The molecule has 7 heteroatoms. The highest BCUT2D eigenvalue weighted by molar-refractivity contribution is 7.91. The molecule has 90 valence electrons. The number of carboxylic acid groups (broad SMARTS) is 1. The lowest BCUT2D eigenvalue weighted by molar-refractivity contribution is -0.140. The van der Waals surface area contributed by atoms with Crippen LogP contribution in [0.25, 0.3) is 0 Å². The lowest BCUT2D eigenvalue weighted by Gasteiger charge is -2.09. The molecule has 0 aromatic carbocycles. The summed E-state index contributed by atoms with van der Waals surface area (Å²) in [5.74, 6) is -2.26. The first kappa shape index (κ1) is 11.4. The van der Waals surface area contributed by atoms with Crippen molar-refractivity contribution >= 4 is 21.7 Å². The van der Waals surface area contributed by atoms with Crippen molar-refractivity contribution in [3.8, 4) is 0 Å². The van der Waals surface area contributed by atoms with Crippen LogP contribution in [0.5, 0.6) is 0 Å². The van der Waals surface area contributed by atoms with Crippen LogP contribution in [-0.2, 0) is 19.4 Å². The summed E-state index contributed by atoms with van der Waals surface area (Å²) < 4.78 is 22.3. The van der Waals surface area contributed by atoms with E-state index in [-0.39, 0.29) is 23.5 Å². The molecule has 0 bridgehead atoms. The summed E-state index contributed by atoms with van der Waals surface area (Å²) in [6, 6.07) is -0.340. The summed E-state index contributed by atoms with van der Waals surface area (Å²) in [5, 5.41) is 11.2. The SMILES string of the molecule is O=C(O)[C@H]1C[C@H]1C(=O)NC1CCS(=O)(=O)C1. The van der Waals surface area contributed by atoms with E-state index in [1.54, 1.807) is 0 Å². The molecule has 1 unspecified atom stereocenters. The van der Waals surface area contributed by atoms with Crippen molar-refractivity contribution in [1.82, 2.24) is 5.32 Å². The van der Waals surface area contributed by atoms with Gasteiger partial charge in [0.05, 0.1) is 23.3 Å². The highest BCUT2D eigenvalue weighted by Crippen LogP contribution is 2.38. The van der Waals surface area contributed by atoms with Crippen molar-refractivity contribution in [3.05, 3.63) is 0 Å². The van der Waals surface area contributed by atoms with Gasteiger partial charge in [0, 0.05) is 6.04 Å². The van der Waals surface area contributed by atoms with Crippen LogP contribution >= 0.6 is 0 Å². The van der Waals surface area contributed by atoms with E-state index in [4.69, 9.17) is 5.11 Å². The van der Waals surface area contributed by atoms with E-state index in [9.17, 15) is 18.0 Å². The van der Waals surface area contributed by atoms with Gasteiger partial charge in [-0.2, -0.15) is 0 Å². The van der Waals surface area contributed by atoms with E-state index in [0.717, 1.165) is 0 Å². The fourth-order valence-electron chi connectivity index (χ4n) is 1.97. The highest BCUT2D eigenvalue weighted by atomic mass is 32.2. The van der Waals surface area contributed by atoms with Gasteiger partial charge < -0.3 is 10.4 Å². The lowest BCUT2D eigenvalue weighted by Crippen LogP contribution is -2.37. The number of nitrogens with one attached hydrogen (secondary N) is 1. The minimum absolute atomic E-state index is 0.0246. The first-order valence-corrected chi connectivity index (χ1v) is 6.95. The number of sulfone groups is 1. The van der Waals surface area contributed by atoms with Gasteiger partial charge in [-0.3, -0.25) is 9.59 Å². The third-order valence-corrected chi connectivity index (χ3v) is 4.79. The highest BCUT2D eigenvalue weighted by Gasteiger charge is 2.49. The summed E-state index contributed by atoms with van der Waals surface area (Å²) in [4.78, 5) is 22.1. The molecule has 0 aromatic heterocycles. The Morgan fingerprint density at radius 1 is 1.25 bits per heavy atom. The van der Waals surface area contributed by atoms with Crippen LogP contribution in [0.3, 0.4) is 0 Å². The molecule has 0 spiro atoms. The van der Waals surface area contributed by atoms with Gasteiger partial charge in [0.2, 0.25) is 5.91 Å². The molecule has 3 atom stereocenters.